The third-order valence-corrected chi connectivity index (χ3v) is 6.16. The molecule has 0 bridgehead atoms. The lowest BCUT2D eigenvalue weighted by atomic mass is 9.80. The summed E-state index contributed by atoms with van der Waals surface area (Å²) in [6.07, 6.45) is 1.25. The van der Waals surface area contributed by atoms with Crippen LogP contribution in [0.2, 0.25) is 5.54 Å². The van der Waals surface area contributed by atoms with E-state index in [1.54, 1.807) is 0 Å². The second kappa shape index (κ2) is 5.89. The molecule has 2 rings (SSSR count). The number of hydrogen-bond acceptors (Lipinski definition) is 2. The van der Waals surface area contributed by atoms with Gasteiger partial charge in [-0.2, -0.15) is 0 Å². The van der Waals surface area contributed by atoms with Gasteiger partial charge in [-0.1, -0.05) is 20.8 Å². The van der Waals surface area contributed by atoms with Gasteiger partial charge in [-0.25, -0.2) is 0 Å². The van der Waals surface area contributed by atoms with Gasteiger partial charge in [-0.3, -0.25) is 0 Å². The zero-order valence-corrected chi connectivity index (χ0v) is 16.0. The first-order valence-corrected chi connectivity index (χ1v) is 8.78. The Kier molecular flexibility index (Phi) is 4.65. The zero-order chi connectivity index (χ0) is 16.7. The summed E-state index contributed by atoms with van der Waals surface area (Å²) in [6.45, 7) is 8.94. The molecule has 1 saturated heterocycles. The summed E-state index contributed by atoms with van der Waals surface area (Å²) in [7, 11) is 10.7. The van der Waals surface area contributed by atoms with Crippen molar-refractivity contribution in [3.8, 4) is 0 Å². The first-order valence-electron chi connectivity index (χ1n) is 8.20. The van der Waals surface area contributed by atoms with Crippen LogP contribution in [0.3, 0.4) is 0 Å². The highest BCUT2D eigenvalue weighted by atomic mass is 28.1. The molecule has 2 atom stereocenters. The molecule has 1 aliphatic heterocycles. The van der Waals surface area contributed by atoms with E-state index in [1.165, 1.54) is 17.7 Å². The van der Waals surface area contributed by atoms with Crippen LogP contribution in [0.4, 0.5) is 11.4 Å². The Morgan fingerprint density at radius 2 is 1.95 bits per heavy atom. The molecule has 1 aromatic rings. The Balaban J connectivity index is 2.28. The highest BCUT2D eigenvalue weighted by Gasteiger charge is 2.33. The van der Waals surface area contributed by atoms with E-state index in [2.05, 4.69) is 75.3 Å². The molecular weight excluding hydrogens is 286 g/mol. The molecule has 2 unspecified atom stereocenters. The average Bonchev–Trinajstić information content (AvgIpc) is 2.88. The lowest BCUT2D eigenvalue weighted by molar-refractivity contribution is -0.893. The van der Waals surface area contributed by atoms with Gasteiger partial charge in [0, 0.05) is 34.6 Å². The summed E-state index contributed by atoms with van der Waals surface area (Å²) in [6, 6.07) is 7.24. The second-order valence-electron chi connectivity index (χ2n) is 8.22. The van der Waals surface area contributed by atoms with Gasteiger partial charge in [0.25, 0.3) is 0 Å². The average molecular weight is 318 g/mol. The van der Waals surface area contributed by atoms with Crippen molar-refractivity contribution in [3.05, 3.63) is 23.8 Å². The molecule has 121 valence electrons. The molecule has 0 aromatic heterocycles. The third-order valence-electron chi connectivity index (χ3n) is 5.44. The van der Waals surface area contributed by atoms with Gasteiger partial charge in [0.05, 0.1) is 27.7 Å². The van der Waals surface area contributed by atoms with E-state index < -0.39 is 0 Å². The summed E-state index contributed by atoms with van der Waals surface area (Å²) in [5.74, 6) is 0. The third kappa shape index (κ3) is 3.33. The molecule has 0 spiro atoms. The first kappa shape index (κ1) is 17.4. The van der Waals surface area contributed by atoms with Crippen molar-refractivity contribution in [1.29, 1.82) is 0 Å². The lowest BCUT2D eigenvalue weighted by Crippen LogP contribution is -2.46. The maximum Gasteiger partial charge on any atom is 0.108 e. The van der Waals surface area contributed by atoms with Gasteiger partial charge < -0.3 is 15.1 Å². The molecule has 0 amide bonds. The Hall–Kier alpha value is -1.00. The standard InChI is InChI=1S/C18H31N3Si/c1-13(22)18(2,3)16-11-14(7-8-17(16)19)20-10-9-15(12-20)21(4,5)6/h7-8,11,13,15H,9-10,12,19H2,1-6H3/q+1. The molecule has 0 aliphatic carbocycles. The number of quaternary nitrogens is 1. The van der Waals surface area contributed by atoms with E-state index >= 15 is 0 Å². The highest BCUT2D eigenvalue weighted by molar-refractivity contribution is 6.12. The van der Waals surface area contributed by atoms with Gasteiger partial charge >= 0.3 is 0 Å². The maximum atomic E-state index is 6.27. The van der Waals surface area contributed by atoms with Crippen molar-refractivity contribution < 1.29 is 4.48 Å². The van der Waals surface area contributed by atoms with Crippen LogP contribution in [0.1, 0.15) is 32.8 Å². The fraction of sp³-hybridized carbons (Fsp3) is 0.667. The molecule has 1 heterocycles. The molecule has 4 heteroatoms. The fourth-order valence-electron chi connectivity index (χ4n) is 3.14. The Morgan fingerprint density at radius 1 is 1.32 bits per heavy atom. The van der Waals surface area contributed by atoms with E-state index in [0.717, 1.165) is 23.3 Å². The fourth-order valence-corrected chi connectivity index (χ4v) is 3.30. The van der Waals surface area contributed by atoms with Crippen LogP contribution in [0.25, 0.3) is 0 Å². The first-order chi connectivity index (χ1) is 10.0. The SMILES string of the molecule is CC([Si])C(C)(C)c1cc(N2CCC([N+](C)(C)C)C2)ccc1N. The van der Waals surface area contributed by atoms with Gasteiger partial charge in [0.1, 0.15) is 6.04 Å². The predicted molar refractivity (Wildman–Crippen MR) is 97.7 cm³/mol. The molecule has 1 aliphatic rings. The van der Waals surface area contributed by atoms with E-state index in [-0.39, 0.29) is 5.41 Å². The van der Waals surface area contributed by atoms with Crippen LogP contribution >= 0.6 is 0 Å². The number of likely N-dealkylation sites (N-methyl/N-ethyl adjacent to an activating group) is 1. The number of benzene rings is 1. The summed E-state index contributed by atoms with van der Waals surface area (Å²) < 4.78 is 1.03. The highest BCUT2D eigenvalue weighted by Crippen LogP contribution is 2.39. The summed E-state index contributed by atoms with van der Waals surface area (Å²) in [5, 5.41) is 0. The molecule has 2 N–H and O–H groups in total. The minimum absolute atomic E-state index is 0.0101. The zero-order valence-electron chi connectivity index (χ0n) is 15.0. The molecule has 1 aromatic carbocycles. The van der Waals surface area contributed by atoms with E-state index in [0.29, 0.717) is 11.6 Å². The van der Waals surface area contributed by atoms with Crippen molar-refractivity contribution in [2.45, 2.75) is 44.2 Å². The Bertz CT molecular complexity index is 532. The van der Waals surface area contributed by atoms with E-state index in [1.807, 2.05) is 0 Å². The van der Waals surface area contributed by atoms with Crippen molar-refractivity contribution in [2.24, 2.45) is 0 Å². The van der Waals surface area contributed by atoms with Crippen LogP contribution in [-0.4, -0.2) is 55.0 Å². The van der Waals surface area contributed by atoms with Crippen molar-refractivity contribution in [2.75, 3.05) is 44.9 Å². The second-order valence-corrected chi connectivity index (χ2v) is 9.09. The molecule has 0 saturated carbocycles. The topological polar surface area (TPSA) is 29.3 Å². The van der Waals surface area contributed by atoms with Crippen LogP contribution in [0.15, 0.2) is 18.2 Å². The van der Waals surface area contributed by atoms with Crippen LogP contribution in [-0.2, 0) is 5.41 Å². The molecule has 1 fully saturated rings. The van der Waals surface area contributed by atoms with Gasteiger partial charge in [0.2, 0.25) is 0 Å². The van der Waals surface area contributed by atoms with Crippen LogP contribution in [0, 0.1) is 0 Å². The van der Waals surface area contributed by atoms with Crippen LogP contribution < -0.4 is 10.6 Å². The molecular formula is C18H31N3Si+. The van der Waals surface area contributed by atoms with Gasteiger partial charge in [-0.05, 0) is 34.7 Å². The summed E-state index contributed by atoms with van der Waals surface area (Å²) >= 11 is 0. The Labute approximate surface area is 139 Å². The predicted octanol–water partition coefficient (Wildman–Crippen LogP) is 2.81. The minimum Gasteiger partial charge on any atom is -0.398 e. The number of nitrogens with zero attached hydrogens (tertiary/aromatic N) is 2. The monoisotopic (exact) mass is 317 g/mol. The number of rotatable bonds is 4. The van der Waals surface area contributed by atoms with E-state index in [4.69, 9.17) is 5.73 Å². The largest absolute Gasteiger partial charge is 0.398 e. The number of hydrogen-bond donors (Lipinski definition) is 1. The number of nitrogens with two attached hydrogens (primary N) is 1. The Morgan fingerprint density at radius 3 is 2.45 bits per heavy atom. The van der Waals surface area contributed by atoms with Crippen LogP contribution in [0.5, 0.6) is 0 Å². The minimum atomic E-state index is 0.0101. The van der Waals surface area contributed by atoms with Crippen molar-refractivity contribution >= 4 is 21.6 Å². The number of anilines is 2. The smallest absolute Gasteiger partial charge is 0.108 e. The summed E-state index contributed by atoms with van der Waals surface area (Å²) in [4.78, 5) is 2.51. The van der Waals surface area contributed by atoms with Gasteiger partial charge in [0.15, 0.2) is 0 Å². The number of nitrogen functional groups attached to an aromatic ring is 1. The lowest BCUT2D eigenvalue weighted by Gasteiger charge is -2.33. The van der Waals surface area contributed by atoms with Gasteiger partial charge in [-0.15, -0.1) is 0 Å². The normalized spacial score (nSPS) is 21.2. The quantitative estimate of drug-likeness (QED) is 0.526. The summed E-state index contributed by atoms with van der Waals surface area (Å²) in [5.41, 5.74) is 10.1. The maximum absolute atomic E-state index is 6.27. The van der Waals surface area contributed by atoms with E-state index in [9.17, 15) is 0 Å². The van der Waals surface area contributed by atoms with Crippen molar-refractivity contribution in [3.63, 3.8) is 0 Å². The molecule has 3 nitrogen and oxygen atoms in total. The molecule has 22 heavy (non-hydrogen) atoms. The van der Waals surface area contributed by atoms with Crippen molar-refractivity contribution in [1.82, 2.24) is 0 Å². The molecule has 3 radical (unpaired) electrons.